The molecule has 0 radical (unpaired) electrons. The lowest BCUT2D eigenvalue weighted by Gasteiger charge is -2.24. The first kappa shape index (κ1) is 31.4. The molecule has 0 saturated heterocycles. The van der Waals surface area contributed by atoms with Crippen LogP contribution in [0.3, 0.4) is 0 Å². The molecule has 0 unspecified atom stereocenters. The standard InChI is InChI=1S/C28H32N6O10/c1-15-25(33(37)38)23(31-27(35)29-15)17-7-9-19(21(13-17)41-3)43-11-5-6-12-44-20-10-8-18(14-22(20)42-4)24-26(34(39)40)16(2)30-28(36)32-24/h7-10,13-14,23-24H,5-6,11-12H2,1-4H3,(H2,29,31,35)(H2,30,32,36)/t23-,24-/m1/s1. The van der Waals surface area contributed by atoms with Crippen molar-refractivity contribution in [3.05, 3.63) is 90.5 Å². The number of benzene rings is 2. The van der Waals surface area contributed by atoms with Crippen molar-refractivity contribution in [2.24, 2.45) is 0 Å². The topological polar surface area (TPSA) is 205 Å². The van der Waals surface area contributed by atoms with Gasteiger partial charge in [0.2, 0.25) is 0 Å². The fraction of sp³-hybridized carbons (Fsp3) is 0.357. The van der Waals surface area contributed by atoms with Crippen molar-refractivity contribution < 1.29 is 38.4 Å². The van der Waals surface area contributed by atoms with E-state index in [1.165, 1.54) is 28.1 Å². The third-order valence-electron chi connectivity index (χ3n) is 6.96. The molecule has 234 valence electrons. The predicted molar refractivity (Wildman–Crippen MR) is 154 cm³/mol. The number of carbonyl (C=O) groups is 2. The molecule has 0 fully saturated rings. The number of urea groups is 2. The third kappa shape index (κ3) is 6.91. The molecular formula is C28H32N6O10. The summed E-state index contributed by atoms with van der Waals surface area (Å²) < 4.78 is 22.6. The number of hydrogen-bond acceptors (Lipinski definition) is 10. The minimum Gasteiger partial charge on any atom is -0.493 e. The van der Waals surface area contributed by atoms with Crippen molar-refractivity contribution in [2.45, 2.75) is 38.8 Å². The zero-order chi connectivity index (χ0) is 32.0. The van der Waals surface area contributed by atoms with Crippen LogP contribution in [0.15, 0.2) is 59.2 Å². The van der Waals surface area contributed by atoms with Gasteiger partial charge in [0.25, 0.3) is 11.4 Å². The molecule has 0 bridgehead atoms. The highest BCUT2D eigenvalue weighted by atomic mass is 16.6. The minimum atomic E-state index is -0.959. The molecule has 44 heavy (non-hydrogen) atoms. The van der Waals surface area contributed by atoms with Gasteiger partial charge >= 0.3 is 12.1 Å². The van der Waals surface area contributed by atoms with Crippen molar-refractivity contribution >= 4 is 12.1 Å². The van der Waals surface area contributed by atoms with Crippen LogP contribution >= 0.6 is 0 Å². The quantitative estimate of drug-likeness (QED) is 0.147. The van der Waals surface area contributed by atoms with Crippen LogP contribution in [0.2, 0.25) is 0 Å². The number of nitrogens with one attached hydrogen (secondary N) is 4. The maximum Gasteiger partial charge on any atom is 0.320 e. The molecule has 0 saturated carbocycles. The smallest absolute Gasteiger partial charge is 0.320 e. The Labute approximate surface area is 251 Å². The second kappa shape index (κ2) is 13.6. The van der Waals surface area contributed by atoms with Crippen molar-refractivity contribution in [2.75, 3.05) is 27.4 Å². The van der Waals surface area contributed by atoms with Gasteiger partial charge in [-0.3, -0.25) is 20.2 Å². The Balaban J connectivity index is 1.33. The van der Waals surface area contributed by atoms with E-state index >= 15 is 0 Å². The number of carbonyl (C=O) groups excluding carboxylic acids is 2. The van der Waals surface area contributed by atoms with E-state index in [2.05, 4.69) is 21.3 Å². The number of methoxy groups -OCH3 is 2. The van der Waals surface area contributed by atoms with Crippen LogP contribution in [0.25, 0.3) is 0 Å². The van der Waals surface area contributed by atoms with Crippen LogP contribution in [-0.2, 0) is 0 Å². The Kier molecular flexibility index (Phi) is 9.72. The monoisotopic (exact) mass is 612 g/mol. The molecule has 0 spiro atoms. The highest BCUT2D eigenvalue weighted by molar-refractivity contribution is 5.79. The molecule has 2 atom stereocenters. The average Bonchev–Trinajstić information content (AvgIpc) is 2.97. The van der Waals surface area contributed by atoms with E-state index in [4.69, 9.17) is 18.9 Å². The van der Waals surface area contributed by atoms with Gasteiger partial charge < -0.3 is 40.2 Å². The normalized spacial score (nSPS) is 18.0. The molecule has 2 aliphatic heterocycles. The van der Waals surface area contributed by atoms with Crippen LogP contribution in [0.5, 0.6) is 23.0 Å². The average molecular weight is 613 g/mol. The number of nitrogens with zero attached hydrogens (tertiary/aromatic N) is 2. The third-order valence-corrected chi connectivity index (χ3v) is 6.96. The summed E-state index contributed by atoms with van der Waals surface area (Å²) in [5.41, 5.74) is 0.907. The fourth-order valence-corrected chi connectivity index (χ4v) is 4.87. The summed E-state index contributed by atoms with van der Waals surface area (Å²) in [6.45, 7) is 3.58. The Hall–Kier alpha value is -5.54. The molecule has 2 heterocycles. The van der Waals surface area contributed by atoms with E-state index in [-0.39, 0.29) is 22.8 Å². The lowest BCUT2D eigenvalue weighted by Crippen LogP contribution is -2.45. The number of rotatable bonds is 13. The molecule has 2 aromatic carbocycles. The second-order valence-corrected chi connectivity index (χ2v) is 9.82. The summed E-state index contributed by atoms with van der Waals surface area (Å²) in [6, 6.07) is 6.69. The zero-order valence-electron chi connectivity index (χ0n) is 24.4. The highest BCUT2D eigenvalue weighted by Gasteiger charge is 2.37. The maximum atomic E-state index is 11.9. The van der Waals surface area contributed by atoms with Gasteiger partial charge in [-0.25, -0.2) is 9.59 Å². The van der Waals surface area contributed by atoms with Gasteiger partial charge in [-0.1, -0.05) is 12.1 Å². The summed E-state index contributed by atoms with van der Waals surface area (Å²) >= 11 is 0. The summed E-state index contributed by atoms with van der Waals surface area (Å²) in [7, 11) is 2.90. The molecule has 16 nitrogen and oxygen atoms in total. The van der Waals surface area contributed by atoms with Gasteiger partial charge in [0.05, 0.1) is 48.7 Å². The molecule has 2 aromatic rings. The summed E-state index contributed by atoms with van der Waals surface area (Å²) in [4.78, 5) is 46.0. The van der Waals surface area contributed by atoms with Crippen LogP contribution in [0.1, 0.15) is 49.9 Å². The number of nitro groups is 2. The van der Waals surface area contributed by atoms with Crippen LogP contribution in [0.4, 0.5) is 9.59 Å². The SMILES string of the molecule is COc1cc([C@H]2NC(=O)NC(C)=C2[N+](=O)[O-])ccc1OCCCCOc1ccc([C@H]2NC(=O)NC(C)=C2[N+](=O)[O-])cc1OC. The molecule has 4 N–H and O–H groups in total. The van der Waals surface area contributed by atoms with Gasteiger partial charge in [-0.05, 0) is 62.1 Å². The minimum absolute atomic E-state index is 0.158. The summed E-state index contributed by atoms with van der Waals surface area (Å²) in [5, 5.41) is 33.2. The van der Waals surface area contributed by atoms with Gasteiger partial charge in [0.1, 0.15) is 12.1 Å². The second-order valence-electron chi connectivity index (χ2n) is 9.82. The van der Waals surface area contributed by atoms with Crippen molar-refractivity contribution in [1.29, 1.82) is 0 Å². The first-order chi connectivity index (χ1) is 21.0. The van der Waals surface area contributed by atoms with E-state index in [0.717, 1.165) is 0 Å². The number of amides is 4. The van der Waals surface area contributed by atoms with Crippen molar-refractivity contribution in [1.82, 2.24) is 21.3 Å². The van der Waals surface area contributed by atoms with Crippen LogP contribution in [0, 0.1) is 20.2 Å². The van der Waals surface area contributed by atoms with Crippen molar-refractivity contribution in [3.8, 4) is 23.0 Å². The highest BCUT2D eigenvalue weighted by Crippen LogP contribution is 2.36. The Morgan fingerprint density at radius 1 is 0.682 bits per heavy atom. The first-order valence-corrected chi connectivity index (χ1v) is 13.5. The van der Waals surface area contributed by atoms with E-state index in [9.17, 15) is 29.8 Å². The lowest BCUT2D eigenvalue weighted by atomic mass is 10.0. The van der Waals surface area contributed by atoms with E-state index < -0.39 is 34.0 Å². The molecule has 4 amide bonds. The van der Waals surface area contributed by atoms with Gasteiger partial charge in [0, 0.05) is 0 Å². The molecule has 2 aliphatic rings. The molecule has 0 aromatic heterocycles. The van der Waals surface area contributed by atoms with Gasteiger partial charge in [-0.2, -0.15) is 0 Å². The summed E-state index contributed by atoms with van der Waals surface area (Å²) in [6.07, 6.45) is 1.22. The Morgan fingerprint density at radius 3 is 1.41 bits per heavy atom. The number of hydrogen-bond donors (Lipinski definition) is 4. The van der Waals surface area contributed by atoms with Crippen LogP contribution < -0.4 is 40.2 Å². The first-order valence-electron chi connectivity index (χ1n) is 13.5. The van der Waals surface area contributed by atoms with E-state index in [1.807, 2.05) is 0 Å². The molecule has 4 rings (SSSR count). The number of allylic oxidation sites excluding steroid dienone is 2. The van der Waals surface area contributed by atoms with Crippen LogP contribution in [-0.4, -0.2) is 49.3 Å². The van der Waals surface area contributed by atoms with E-state index in [1.54, 1.807) is 36.4 Å². The molecular weight excluding hydrogens is 580 g/mol. The fourth-order valence-electron chi connectivity index (χ4n) is 4.87. The van der Waals surface area contributed by atoms with Gasteiger partial charge in [0.15, 0.2) is 23.0 Å². The zero-order valence-corrected chi connectivity index (χ0v) is 24.4. The number of unbranched alkanes of at least 4 members (excludes halogenated alkanes) is 1. The molecule has 16 heteroatoms. The molecule has 0 aliphatic carbocycles. The Morgan fingerprint density at radius 2 is 1.07 bits per heavy atom. The van der Waals surface area contributed by atoms with Gasteiger partial charge in [-0.15, -0.1) is 0 Å². The Bertz CT molecular complexity index is 1430. The predicted octanol–water partition coefficient (Wildman–Crippen LogP) is 3.67. The number of ether oxygens (including phenoxy) is 4. The summed E-state index contributed by atoms with van der Waals surface area (Å²) in [5.74, 6) is 1.57. The van der Waals surface area contributed by atoms with E-state index in [0.29, 0.717) is 60.2 Å². The maximum absolute atomic E-state index is 11.9. The van der Waals surface area contributed by atoms with Crippen molar-refractivity contribution in [3.63, 3.8) is 0 Å². The lowest BCUT2D eigenvalue weighted by molar-refractivity contribution is -0.433. The largest absolute Gasteiger partial charge is 0.493 e.